The molecule has 10 rings (SSSR count). The minimum absolute atomic E-state index is 0.000754. The maximum atomic E-state index is 17.2. The number of amides is 3. The van der Waals surface area contributed by atoms with Crippen molar-refractivity contribution < 1.29 is 47.7 Å². The first-order chi connectivity index (χ1) is 39.0. The van der Waals surface area contributed by atoms with Crippen LogP contribution < -0.4 is 19.7 Å². The monoisotopic (exact) mass is 1140 g/mol. The molecule has 3 saturated heterocycles. The normalized spacial score (nSPS) is 18.0. The standard InChI is InChI=1S/C60H67ClFN9O9S/c1-7-51(74)69-18-20-70(21-19-69)57-46-29-47(61)53(45-27-41(72)25-38-10-8-9-11-44(38)45)54(62)55(46)65-60(66-57)79-36(5)31-68-16-14-43(15-17-68)77-22-23-78-49-26-39(56-37(6)64-33-81-56)12-13-40(49)30-63-58(75)48-28-42(73)32-71(48)59(76)52(34(2)3)50-24-35(4)67-80-50/h7-13,24-27,29,33-34,36,42-43,48,52,72-73H,1,14-23,28,30-32H2,2-6H3,(H,63,75)/t36-,42-,48+,52+/m1/s1. The number of ether oxygens (including phenoxy) is 3. The molecule has 7 aromatic rings. The Bertz CT molecular complexity index is 3450. The topological polar surface area (TPSA) is 209 Å². The third-order valence-corrected chi connectivity index (χ3v) is 16.6. The molecule has 0 aliphatic carbocycles. The Balaban J connectivity index is 0.770. The number of phenolic OH excluding ortho intramolecular Hbond substituents is 1. The lowest BCUT2D eigenvalue weighted by atomic mass is 9.91. The summed E-state index contributed by atoms with van der Waals surface area (Å²) in [6, 6.07) is 18.9. The van der Waals surface area contributed by atoms with Crippen LogP contribution in [-0.4, -0.2) is 153 Å². The molecule has 0 saturated carbocycles. The van der Waals surface area contributed by atoms with Gasteiger partial charge < -0.3 is 49.0 Å². The van der Waals surface area contributed by atoms with Gasteiger partial charge in [-0.3, -0.25) is 19.3 Å². The molecule has 3 amide bonds. The van der Waals surface area contributed by atoms with Crippen LogP contribution in [0.2, 0.25) is 5.02 Å². The molecule has 3 aromatic heterocycles. The average Bonchev–Trinajstić information content (AvgIpc) is 4.17. The smallest absolute Gasteiger partial charge is 0.319 e. The van der Waals surface area contributed by atoms with Gasteiger partial charge in [0.15, 0.2) is 5.82 Å². The minimum Gasteiger partial charge on any atom is -0.508 e. The predicted octanol–water partition coefficient (Wildman–Crippen LogP) is 8.86. The number of hydrogen-bond donors (Lipinski definition) is 3. The molecule has 3 aliphatic rings. The Kier molecular flexibility index (Phi) is 17.5. The number of aryl methyl sites for hydroxylation is 2. The lowest BCUT2D eigenvalue weighted by molar-refractivity contribution is -0.141. The van der Waals surface area contributed by atoms with Crippen LogP contribution in [0.5, 0.6) is 17.5 Å². The molecule has 3 fully saturated rings. The fourth-order valence-electron chi connectivity index (χ4n) is 11.3. The van der Waals surface area contributed by atoms with Crippen molar-refractivity contribution in [2.75, 3.05) is 70.5 Å². The molecule has 21 heteroatoms. The summed E-state index contributed by atoms with van der Waals surface area (Å²) in [6.07, 6.45) is 1.68. The first-order valence-corrected chi connectivity index (χ1v) is 28.7. The van der Waals surface area contributed by atoms with Crippen LogP contribution >= 0.6 is 22.9 Å². The molecule has 0 bridgehead atoms. The highest BCUT2D eigenvalue weighted by atomic mass is 35.5. The number of benzene rings is 4. The van der Waals surface area contributed by atoms with Gasteiger partial charge in [0.25, 0.3) is 0 Å². The number of thiazole rings is 1. The van der Waals surface area contributed by atoms with Crippen LogP contribution in [0.25, 0.3) is 43.2 Å². The summed E-state index contributed by atoms with van der Waals surface area (Å²) >= 11 is 8.49. The predicted molar refractivity (Wildman–Crippen MR) is 308 cm³/mol. The van der Waals surface area contributed by atoms with Gasteiger partial charge in [-0.05, 0) is 91.8 Å². The number of anilines is 1. The fourth-order valence-corrected chi connectivity index (χ4v) is 12.4. The molecule has 426 valence electrons. The number of aliphatic hydroxyl groups excluding tert-OH is 1. The quantitative estimate of drug-likeness (QED) is 0.0510. The number of piperazine rings is 1. The number of rotatable bonds is 19. The summed E-state index contributed by atoms with van der Waals surface area (Å²) in [5.74, 6) is -0.907. The van der Waals surface area contributed by atoms with Crippen LogP contribution in [0.4, 0.5) is 10.2 Å². The number of fused-ring (bicyclic) bond motifs is 2. The van der Waals surface area contributed by atoms with E-state index in [0.717, 1.165) is 53.0 Å². The Labute approximate surface area is 478 Å². The number of carbonyl (C=O) groups is 3. The van der Waals surface area contributed by atoms with E-state index >= 15 is 4.39 Å². The van der Waals surface area contributed by atoms with E-state index in [9.17, 15) is 24.6 Å². The summed E-state index contributed by atoms with van der Waals surface area (Å²) in [5, 5.41) is 30.4. The van der Waals surface area contributed by atoms with E-state index in [1.165, 1.54) is 28.4 Å². The van der Waals surface area contributed by atoms with E-state index < -0.39 is 30.0 Å². The van der Waals surface area contributed by atoms with Crippen molar-refractivity contribution in [1.29, 1.82) is 0 Å². The zero-order chi connectivity index (χ0) is 57.1. The number of phenols is 1. The van der Waals surface area contributed by atoms with E-state index in [4.69, 9.17) is 35.3 Å². The number of hydrogen-bond acceptors (Lipinski definition) is 16. The maximum absolute atomic E-state index is 17.2. The first kappa shape index (κ1) is 57.0. The van der Waals surface area contributed by atoms with Crippen LogP contribution in [0.1, 0.15) is 68.7 Å². The molecule has 6 heterocycles. The maximum Gasteiger partial charge on any atom is 0.319 e. The molecular weight excluding hydrogens is 1080 g/mol. The molecular formula is C60H67ClFN9O9S. The first-order valence-electron chi connectivity index (χ1n) is 27.5. The second kappa shape index (κ2) is 24.9. The average molecular weight is 1140 g/mol. The van der Waals surface area contributed by atoms with Crippen LogP contribution in [0.15, 0.2) is 89.4 Å². The summed E-state index contributed by atoms with van der Waals surface area (Å²) in [6.45, 7) is 17.6. The van der Waals surface area contributed by atoms with Gasteiger partial charge in [0.2, 0.25) is 17.7 Å². The van der Waals surface area contributed by atoms with Crippen molar-refractivity contribution in [3.8, 4) is 39.1 Å². The number of aromatic hydroxyl groups is 1. The lowest BCUT2D eigenvalue weighted by Gasteiger charge is -2.35. The van der Waals surface area contributed by atoms with Gasteiger partial charge in [0, 0.05) is 87.9 Å². The van der Waals surface area contributed by atoms with Crippen molar-refractivity contribution >= 4 is 68.2 Å². The van der Waals surface area contributed by atoms with Crippen molar-refractivity contribution in [3.05, 3.63) is 118 Å². The van der Waals surface area contributed by atoms with Gasteiger partial charge in [-0.1, -0.05) is 73.6 Å². The lowest BCUT2D eigenvalue weighted by Crippen LogP contribution is -2.48. The molecule has 0 radical (unpaired) electrons. The highest BCUT2D eigenvalue weighted by Crippen LogP contribution is 2.43. The van der Waals surface area contributed by atoms with Gasteiger partial charge >= 0.3 is 6.01 Å². The van der Waals surface area contributed by atoms with Crippen molar-refractivity contribution in [2.45, 2.75) is 90.7 Å². The Morgan fingerprint density at radius 1 is 0.975 bits per heavy atom. The Morgan fingerprint density at radius 3 is 2.47 bits per heavy atom. The molecule has 81 heavy (non-hydrogen) atoms. The second-order valence-corrected chi connectivity index (χ2v) is 22.7. The van der Waals surface area contributed by atoms with Crippen LogP contribution in [-0.2, 0) is 25.7 Å². The molecule has 4 aromatic carbocycles. The highest BCUT2D eigenvalue weighted by molar-refractivity contribution is 7.13. The number of likely N-dealkylation sites (tertiary alicyclic amines) is 2. The van der Waals surface area contributed by atoms with Crippen molar-refractivity contribution in [1.82, 2.24) is 40.1 Å². The van der Waals surface area contributed by atoms with E-state index in [1.54, 1.807) is 35.5 Å². The molecule has 18 nitrogen and oxygen atoms in total. The summed E-state index contributed by atoms with van der Waals surface area (Å²) in [4.78, 5) is 62.8. The largest absolute Gasteiger partial charge is 0.508 e. The summed E-state index contributed by atoms with van der Waals surface area (Å²) < 4.78 is 42.0. The van der Waals surface area contributed by atoms with E-state index in [0.29, 0.717) is 78.7 Å². The number of aromatic nitrogens is 4. The van der Waals surface area contributed by atoms with E-state index in [-0.39, 0.29) is 83.7 Å². The van der Waals surface area contributed by atoms with Gasteiger partial charge in [0.1, 0.15) is 53.3 Å². The molecule has 4 atom stereocenters. The second-order valence-electron chi connectivity index (χ2n) is 21.4. The molecule has 0 spiro atoms. The molecule has 0 unspecified atom stereocenters. The third kappa shape index (κ3) is 12.6. The molecule has 3 N–H and O–H groups in total. The fraction of sp³-hybridized carbons (Fsp3) is 0.417. The van der Waals surface area contributed by atoms with Gasteiger partial charge in [-0.15, -0.1) is 11.3 Å². The minimum atomic E-state index is -0.875. The zero-order valence-electron chi connectivity index (χ0n) is 46.1. The summed E-state index contributed by atoms with van der Waals surface area (Å²) in [7, 11) is 0. The van der Waals surface area contributed by atoms with Gasteiger partial charge in [-0.2, -0.15) is 9.97 Å². The number of aliphatic hydroxyl groups is 1. The van der Waals surface area contributed by atoms with Gasteiger partial charge in [-0.25, -0.2) is 9.37 Å². The number of nitrogens with zero attached hydrogens (tertiary/aromatic N) is 8. The third-order valence-electron chi connectivity index (χ3n) is 15.4. The van der Waals surface area contributed by atoms with Crippen LogP contribution in [0.3, 0.4) is 0 Å². The van der Waals surface area contributed by atoms with Crippen LogP contribution in [0, 0.1) is 25.6 Å². The van der Waals surface area contributed by atoms with Crippen molar-refractivity contribution in [2.24, 2.45) is 5.92 Å². The Morgan fingerprint density at radius 2 is 1.75 bits per heavy atom. The van der Waals surface area contributed by atoms with Crippen molar-refractivity contribution in [3.63, 3.8) is 0 Å². The summed E-state index contributed by atoms with van der Waals surface area (Å²) in [5.41, 5.74) is 5.55. The number of halogens is 2. The number of β-amino-alcohol motifs (C(OH)–C–C–N with tert-alkyl or cyclic N) is 1. The number of piperidine rings is 1. The molecule has 3 aliphatic heterocycles. The highest BCUT2D eigenvalue weighted by Gasteiger charge is 2.43. The zero-order valence-corrected chi connectivity index (χ0v) is 47.6. The number of carbonyl (C=O) groups excluding carboxylic acids is 3. The van der Waals surface area contributed by atoms with E-state index in [1.807, 2.05) is 75.1 Å². The Hall–Kier alpha value is -7.23. The SMILES string of the molecule is C=CC(=O)N1CCN(c2nc(O[C@H](C)CN3CCC(OCCOc4cc(-c5scnc5C)ccc4CNC(=O)[C@@H]4C[C@@H](O)CN4C(=O)[C@H](c4cc(C)no4)C(C)C)CC3)nc3c(F)c(-c4cc(O)cc5ccccc45)c(Cl)cc23)CC1. The van der Waals surface area contributed by atoms with Gasteiger partial charge in [0.05, 0.1) is 45.6 Å². The van der Waals surface area contributed by atoms with E-state index in [2.05, 4.69) is 31.9 Å². The number of nitrogens with one attached hydrogen (secondary N) is 1.